The van der Waals surface area contributed by atoms with Crippen LogP contribution in [0.5, 0.6) is 0 Å². The molecular weight excluding hydrogens is 384 g/mol. The highest BCUT2D eigenvalue weighted by molar-refractivity contribution is 7.89. The highest BCUT2D eigenvalue weighted by Gasteiger charge is 2.33. The Morgan fingerprint density at radius 3 is 2.59 bits per heavy atom. The van der Waals surface area contributed by atoms with Crippen molar-refractivity contribution in [3.63, 3.8) is 0 Å². The molecule has 1 N–H and O–H groups in total. The van der Waals surface area contributed by atoms with Gasteiger partial charge in [-0.2, -0.15) is 4.31 Å². The number of halogens is 1. The Kier molecular flexibility index (Phi) is 6.19. The van der Waals surface area contributed by atoms with Gasteiger partial charge in [0.1, 0.15) is 0 Å². The number of hydrogen-bond acceptors (Lipinski definition) is 3. The molecule has 0 aliphatic carbocycles. The summed E-state index contributed by atoms with van der Waals surface area (Å²) in [5, 5.41) is 3.46. The topological polar surface area (TPSA) is 66.5 Å². The third kappa shape index (κ3) is 4.51. The summed E-state index contributed by atoms with van der Waals surface area (Å²) in [5.41, 5.74) is 1.86. The van der Waals surface area contributed by atoms with Crippen LogP contribution in [0.1, 0.15) is 25.3 Å². The number of benzene rings is 2. The zero-order chi connectivity index (χ0) is 19.4. The van der Waals surface area contributed by atoms with E-state index in [0.717, 1.165) is 17.7 Å². The molecule has 144 valence electrons. The summed E-state index contributed by atoms with van der Waals surface area (Å²) in [6, 6.07) is 13.8. The van der Waals surface area contributed by atoms with E-state index in [-0.39, 0.29) is 23.3 Å². The van der Waals surface area contributed by atoms with Crippen molar-refractivity contribution in [1.82, 2.24) is 4.31 Å². The van der Waals surface area contributed by atoms with Gasteiger partial charge in [-0.1, -0.05) is 36.7 Å². The molecule has 7 heteroatoms. The summed E-state index contributed by atoms with van der Waals surface area (Å²) in [6.07, 6.45) is 2.14. The molecule has 1 aliphatic rings. The van der Waals surface area contributed by atoms with E-state index in [9.17, 15) is 13.2 Å². The molecule has 1 aliphatic heterocycles. The van der Waals surface area contributed by atoms with E-state index in [1.807, 2.05) is 31.2 Å². The average Bonchev–Trinajstić information content (AvgIpc) is 2.69. The summed E-state index contributed by atoms with van der Waals surface area (Å²) in [4.78, 5) is 12.9. The lowest BCUT2D eigenvalue weighted by Crippen LogP contribution is -2.43. The van der Waals surface area contributed by atoms with Crippen LogP contribution in [0.25, 0.3) is 0 Å². The molecule has 2 aromatic carbocycles. The van der Waals surface area contributed by atoms with Crippen LogP contribution in [0, 0.1) is 5.92 Å². The van der Waals surface area contributed by atoms with Crippen molar-refractivity contribution in [3.8, 4) is 0 Å². The van der Waals surface area contributed by atoms with Crippen LogP contribution in [0.2, 0.25) is 5.02 Å². The lowest BCUT2D eigenvalue weighted by molar-refractivity contribution is -0.120. The van der Waals surface area contributed by atoms with Crippen molar-refractivity contribution in [3.05, 3.63) is 59.1 Å². The average molecular weight is 407 g/mol. The van der Waals surface area contributed by atoms with E-state index in [2.05, 4.69) is 5.32 Å². The smallest absolute Gasteiger partial charge is 0.243 e. The summed E-state index contributed by atoms with van der Waals surface area (Å²) in [6.45, 7) is 2.64. The standard InChI is InChI=1S/C20H23ClN2O3S/c1-2-15-6-3-4-8-19(15)22-20(24)16-7-5-13-23(14-16)27(25,26)18-11-9-17(21)10-12-18/h3-4,6,8-12,16H,2,5,7,13-14H2,1H3,(H,22,24). The van der Waals surface area contributed by atoms with Gasteiger partial charge in [-0.15, -0.1) is 0 Å². The van der Waals surface area contributed by atoms with Gasteiger partial charge in [-0.3, -0.25) is 4.79 Å². The Morgan fingerprint density at radius 2 is 1.89 bits per heavy atom. The zero-order valence-electron chi connectivity index (χ0n) is 15.2. The van der Waals surface area contributed by atoms with Gasteiger partial charge in [-0.05, 0) is 55.2 Å². The highest BCUT2D eigenvalue weighted by Crippen LogP contribution is 2.26. The number of rotatable bonds is 5. The van der Waals surface area contributed by atoms with Crippen LogP contribution < -0.4 is 5.32 Å². The second-order valence-electron chi connectivity index (χ2n) is 6.66. The normalized spacial score (nSPS) is 18.2. The molecule has 0 spiro atoms. The fraction of sp³-hybridized carbons (Fsp3) is 0.350. The van der Waals surface area contributed by atoms with Crippen molar-refractivity contribution in [2.75, 3.05) is 18.4 Å². The summed E-state index contributed by atoms with van der Waals surface area (Å²) >= 11 is 5.85. The fourth-order valence-electron chi connectivity index (χ4n) is 3.32. The number of anilines is 1. The first-order chi connectivity index (χ1) is 12.9. The SMILES string of the molecule is CCc1ccccc1NC(=O)C1CCCN(S(=O)(=O)c2ccc(Cl)cc2)C1. The number of sulfonamides is 1. The number of carbonyl (C=O) groups is 1. The van der Waals surface area contributed by atoms with Gasteiger partial charge in [0.2, 0.25) is 15.9 Å². The van der Waals surface area contributed by atoms with E-state index in [4.69, 9.17) is 11.6 Å². The Hall–Kier alpha value is -1.89. The highest BCUT2D eigenvalue weighted by atomic mass is 35.5. The minimum atomic E-state index is -3.64. The summed E-state index contributed by atoms with van der Waals surface area (Å²) in [7, 11) is -3.64. The second-order valence-corrected chi connectivity index (χ2v) is 9.03. The van der Waals surface area contributed by atoms with Crippen LogP contribution in [0.15, 0.2) is 53.4 Å². The number of nitrogens with zero attached hydrogens (tertiary/aromatic N) is 1. The molecule has 1 unspecified atom stereocenters. The number of piperidine rings is 1. The number of nitrogens with one attached hydrogen (secondary N) is 1. The molecule has 1 saturated heterocycles. The molecule has 0 aromatic heterocycles. The molecule has 0 radical (unpaired) electrons. The first-order valence-corrected chi connectivity index (χ1v) is 10.9. The van der Waals surface area contributed by atoms with E-state index in [0.29, 0.717) is 24.4 Å². The van der Waals surface area contributed by atoms with Crippen molar-refractivity contribution in [2.45, 2.75) is 31.1 Å². The molecule has 3 rings (SSSR count). The minimum absolute atomic E-state index is 0.132. The van der Waals surface area contributed by atoms with E-state index >= 15 is 0 Å². The Bertz CT molecular complexity index is 913. The molecule has 2 aromatic rings. The maximum Gasteiger partial charge on any atom is 0.243 e. The lowest BCUT2D eigenvalue weighted by Gasteiger charge is -2.31. The third-order valence-corrected chi connectivity index (χ3v) is 6.99. The molecule has 1 atom stereocenters. The van der Waals surface area contributed by atoms with E-state index < -0.39 is 10.0 Å². The third-order valence-electron chi connectivity index (χ3n) is 4.86. The van der Waals surface area contributed by atoms with Crippen molar-refractivity contribution in [1.29, 1.82) is 0 Å². The van der Waals surface area contributed by atoms with Crippen molar-refractivity contribution < 1.29 is 13.2 Å². The van der Waals surface area contributed by atoms with Gasteiger partial charge in [0.25, 0.3) is 0 Å². The number of hydrogen-bond donors (Lipinski definition) is 1. The van der Waals surface area contributed by atoms with Crippen LogP contribution >= 0.6 is 11.6 Å². The molecule has 0 saturated carbocycles. The van der Waals surface area contributed by atoms with Crippen LogP contribution in [-0.4, -0.2) is 31.7 Å². The number of carbonyl (C=O) groups excluding carboxylic acids is 1. The maximum atomic E-state index is 12.9. The number of amides is 1. The molecule has 0 bridgehead atoms. The first kappa shape index (κ1) is 19.9. The fourth-order valence-corrected chi connectivity index (χ4v) is 4.97. The number of aryl methyl sites for hydroxylation is 1. The van der Waals surface area contributed by atoms with Gasteiger partial charge in [0.15, 0.2) is 0 Å². The van der Waals surface area contributed by atoms with Gasteiger partial charge in [0, 0.05) is 23.8 Å². The minimum Gasteiger partial charge on any atom is -0.326 e. The van der Waals surface area contributed by atoms with Crippen LogP contribution in [0.3, 0.4) is 0 Å². The molecule has 5 nitrogen and oxygen atoms in total. The molecular formula is C20H23ClN2O3S. The number of para-hydroxylation sites is 1. The Labute approximate surface area is 165 Å². The lowest BCUT2D eigenvalue weighted by atomic mass is 9.98. The molecule has 1 heterocycles. The van der Waals surface area contributed by atoms with Gasteiger partial charge in [0.05, 0.1) is 10.8 Å². The first-order valence-electron chi connectivity index (χ1n) is 9.06. The Morgan fingerprint density at radius 1 is 1.19 bits per heavy atom. The predicted octanol–water partition coefficient (Wildman–Crippen LogP) is 3.94. The van der Waals surface area contributed by atoms with Gasteiger partial charge < -0.3 is 5.32 Å². The summed E-state index contributed by atoms with van der Waals surface area (Å²) in [5.74, 6) is -0.502. The van der Waals surface area contributed by atoms with Crippen molar-refractivity contribution in [2.24, 2.45) is 5.92 Å². The monoisotopic (exact) mass is 406 g/mol. The maximum absolute atomic E-state index is 12.9. The second kappa shape index (κ2) is 8.42. The molecule has 1 amide bonds. The Balaban J connectivity index is 1.73. The molecule has 1 fully saturated rings. The van der Waals surface area contributed by atoms with Crippen molar-refractivity contribution >= 4 is 33.2 Å². The largest absolute Gasteiger partial charge is 0.326 e. The van der Waals surface area contributed by atoms with Gasteiger partial charge >= 0.3 is 0 Å². The van der Waals surface area contributed by atoms with E-state index in [1.165, 1.54) is 16.4 Å². The van der Waals surface area contributed by atoms with Crippen LogP contribution in [0.4, 0.5) is 5.69 Å². The quantitative estimate of drug-likeness (QED) is 0.817. The zero-order valence-corrected chi connectivity index (χ0v) is 16.8. The van der Waals surface area contributed by atoms with Crippen LogP contribution in [-0.2, 0) is 21.2 Å². The van der Waals surface area contributed by atoms with E-state index in [1.54, 1.807) is 12.1 Å². The predicted molar refractivity (Wildman–Crippen MR) is 107 cm³/mol. The summed E-state index contributed by atoms with van der Waals surface area (Å²) < 4.78 is 27.2. The van der Waals surface area contributed by atoms with Gasteiger partial charge in [-0.25, -0.2) is 8.42 Å². The molecule has 27 heavy (non-hydrogen) atoms.